The van der Waals surface area contributed by atoms with Gasteiger partial charge in [0, 0.05) is 33.4 Å². The summed E-state index contributed by atoms with van der Waals surface area (Å²) < 4.78 is 23.2. The van der Waals surface area contributed by atoms with Crippen molar-refractivity contribution >= 4 is 0 Å². The summed E-state index contributed by atoms with van der Waals surface area (Å²) in [5, 5.41) is 10.00. The van der Waals surface area contributed by atoms with Crippen LogP contribution in [0.2, 0.25) is 0 Å². The zero-order valence-corrected chi connectivity index (χ0v) is 13.0. The molecular weight excluding hydrogens is 285 g/mol. The molecule has 5 heteroatoms. The maximum atomic E-state index is 13.0. The zero-order valence-electron chi connectivity index (χ0n) is 13.0. The van der Waals surface area contributed by atoms with E-state index in [0.29, 0.717) is 19.7 Å². The number of aliphatic hydroxyl groups is 1. The summed E-state index contributed by atoms with van der Waals surface area (Å²) in [6, 6.07) is 6.38. The molecule has 0 heterocycles. The van der Waals surface area contributed by atoms with E-state index in [1.807, 2.05) is 0 Å². The Hall–Kier alpha value is -1.45. The third-order valence-electron chi connectivity index (χ3n) is 3.11. The fourth-order valence-electron chi connectivity index (χ4n) is 2.12. The normalized spacial score (nSPS) is 12.3. The van der Waals surface area contributed by atoms with Crippen LogP contribution < -0.4 is 0 Å². The Balaban J connectivity index is 2.51. The minimum absolute atomic E-state index is 0.193. The predicted octanol–water partition coefficient (Wildman–Crippen LogP) is 1.67. The van der Waals surface area contributed by atoms with Crippen molar-refractivity contribution in [2.24, 2.45) is 0 Å². The highest BCUT2D eigenvalue weighted by Gasteiger charge is 2.12. The molecule has 1 rings (SSSR count). The number of aliphatic hydroxyl groups excluding tert-OH is 1. The molecule has 1 unspecified atom stereocenters. The van der Waals surface area contributed by atoms with Crippen LogP contribution >= 0.6 is 0 Å². The highest BCUT2D eigenvalue weighted by molar-refractivity contribution is 5.15. The lowest BCUT2D eigenvalue weighted by atomic mass is 10.2. The summed E-state index contributed by atoms with van der Waals surface area (Å²) in [6.07, 6.45) is 5.34. The minimum Gasteiger partial charge on any atom is -0.389 e. The Bertz CT molecular complexity index is 444. The molecule has 1 atom stereocenters. The van der Waals surface area contributed by atoms with Crippen molar-refractivity contribution in [2.75, 3.05) is 40.0 Å². The minimum atomic E-state index is -0.614. The van der Waals surface area contributed by atoms with Crippen LogP contribution in [-0.4, -0.2) is 56.1 Å². The molecule has 0 saturated carbocycles. The number of methoxy groups -OCH3 is 1. The number of benzene rings is 1. The summed E-state index contributed by atoms with van der Waals surface area (Å²) in [4.78, 5) is 2.09. The maximum absolute atomic E-state index is 13.0. The van der Waals surface area contributed by atoms with Gasteiger partial charge < -0.3 is 14.6 Å². The average molecular weight is 309 g/mol. The Morgan fingerprint density at radius 1 is 1.36 bits per heavy atom. The molecule has 0 amide bonds. The summed E-state index contributed by atoms with van der Waals surface area (Å²) >= 11 is 0. The number of hydrogen-bond acceptors (Lipinski definition) is 4. The number of rotatable bonds is 11. The lowest BCUT2D eigenvalue weighted by Crippen LogP contribution is -2.35. The highest BCUT2D eigenvalue weighted by Crippen LogP contribution is 2.08. The maximum Gasteiger partial charge on any atom is 0.123 e. The Labute approximate surface area is 131 Å². The molecular formula is C17H24FNO3. The summed E-state index contributed by atoms with van der Waals surface area (Å²) in [5.41, 5.74) is 0.996. The van der Waals surface area contributed by atoms with Gasteiger partial charge in [0.2, 0.25) is 0 Å². The molecule has 0 aliphatic rings. The molecule has 22 heavy (non-hydrogen) atoms. The summed E-state index contributed by atoms with van der Waals surface area (Å²) in [6.45, 7) is 2.93. The van der Waals surface area contributed by atoms with Gasteiger partial charge >= 0.3 is 0 Å². The van der Waals surface area contributed by atoms with Crippen LogP contribution in [0.5, 0.6) is 0 Å². The van der Waals surface area contributed by atoms with Crippen LogP contribution in [0.15, 0.2) is 24.3 Å². The molecule has 0 spiro atoms. The molecule has 4 nitrogen and oxygen atoms in total. The van der Waals surface area contributed by atoms with E-state index in [2.05, 4.69) is 10.8 Å². The fraction of sp³-hybridized carbons (Fsp3) is 0.529. The third kappa shape index (κ3) is 8.11. The predicted molar refractivity (Wildman–Crippen MR) is 83.8 cm³/mol. The van der Waals surface area contributed by atoms with E-state index in [0.717, 1.165) is 18.5 Å². The fourth-order valence-corrected chi connectivity index (χ4v) is 2.12. The van der Waals surface area contributed by atoms with E-state index in [-0.39, 0.29) is 19.0 Å². The van der Waals surface area contributed by atoms with Crippen LogP contribution in [0.1, 0.15) is 12.0 Å². The van der Waals surface area contributed by atoms with E-state index < -0.39 is 6.10 Å². The molecule has 1 N–H and O–H groups in total. The first-order valence-electron chi connectivity index (χ1n) is 7.30. The van der Waals surface area contributed by atoms with Crippen molar-refractivity contribution in [3.05, 3.63) is 35.6 Å². The number of nitrogens with zero attached hydrogens (tertiary/aromatic N) is 1. The number of halogens is 1. The van der Waals surface area contributed by atoms with Gasteiger partial charge in [0.15, 0.2) is 0 Å². The number of terminal acetylenes is 1. The van der Waals surface area contributed by atoms with Gasteiger partial charge in [-0.3, -0.25) is 4.90 Å². The SMILES string of the molecule is C#CCOCC(O)CN(CCCOC)Cc1ccc(F)cc1. The Morgan fingerprint density at radius 3 is 2.73 bits per heavy atom. The second-order valence-corrected chi connectivity index (χ2v) is 5.08. The lowest BCUT2D eigenvalue weighted by molar-refractivity contribution is 0.0244. The average Bonchev–Trinajstić information content (AvgIpc) is 2.50. The van der Waals surface area contributed by atoms with Gasteiger partial charge in [0.25, 0.3) is 0 Å². The van der Waals surface area contributed by atoms with Crippen LogP contribution in [0.3, 0.4) is 0 Å². The molecule has 0 aliphatic carbocycles. The smallest absolute Gasteiger partial charge is 0.123 e. The third-order valence-corrected chi connectivity index (χ3v) is 3.11. The molecule has 122 valence electrons. The van der Waals surface area contributed by atoms with Crippen molar-refractivity contribution in [1.29, 1.82) is 0 Å². The topological polar surface area (TPSA) is 41.9 Å². The second-order valence-electron chi connectivity index (χ2n) is 5.08. The molecule has 0 aromatic heterocycles. The Kier molecular flexibility index (Phi) is 9.44. The van der Waals surface area contributed by atoms with E-state index in [1.54, 1.807) is 19.2 Å². The van der Waals surface area contributed by atoms with Gasteiger partial charge in [0.05, 0.1) is 12.7 Å². The molecule has 1 aromatic carbocycles. The first-order valence-corrected chi connectivity index (χ1v) is 7.30. The first-order chi connectivity index (χ1) is 10.7. The quantitative estimate of drug-likeness (QED) is 0.499. The van der Waals surface area contributed by atoms with Crippen LogP contribution in [0, 0.1) is 18.2 Å². The number of hydrogen-bond donors (Lipinski definition) is 1. The van der Waals surface area contributed by atoms with Crippen LogP contribution in [0.25, 0.3) is 0 Å². The second kappa shape index (κ2) is 11.2. The van der Waals surface area contributed by atoms with Crippen LogP contribution in [0.4, 0.5) is 4.39 Å². The van der Waals surface area contributed by atoms with Crippen molar-refractivity contribution in [2.45, 2.75) is 19.1 Å². The van der Waals surface area contributed by atoms with Gasteiger partial charge in [-0.1, -0.05) is 18.1 Å². The van der Waals surface area contributed by atoms with Crippen molar-refractivity contribution in [3.8, 4) is 12.3 Å². The monoisotopic (exact) mass is 309 g/mol. The zero-order chi connectivity index (χ0) is 16.2. The van der Waals surface area contributed by atoms with Crippen molar-refractivity contribution < 1.29 is 19.0 Å². The molecule has 1 aromatic rings. The van der Waals surface area contributed by atoms with Crippen LogP contribution in [-0.2, 0) is 16.0 Å². The van der Waals surface area contributed by atoms with E-state index >= 15 is 0 Å². The van der Waals surface area contributed by atoms with Gasteiger partial charge in [0.1, 0.15) is 12.4 Å². The lowest BCUT2D eigenvalue weighted by Gasteiger charge is -2.25. The summed E-state index contributed by atoms with van der Waals surface area (Å²) in [5.74, 6) is 2.11. The number of ether oxygens (including phenoxy) is 2. The molecule has 0 aliphatic heterocycles. The van der Waals surface area contributed by atoms with Gasteiger partial charge in [-0.05, 0) is 24.1 Å². The standard InChI is InChI=1S/C17H24FNO3/c1-3-10-22-14-17(20)13-19(9-4-11-21-2)12-15-5-7-16(18)8-6-15/h1,5-8,17,20H,4,9-14H2,2H3. The largest absolute Gasteiger partial charge is 0.389 e. The first kappa shape index (κ1) is 18.6. The Morgan fingerprint density at radius 2 is 2.09 bits per heavy atom. The molecule has 0 bridgehead atoms. The summed E-state index contributed by atoms with van der Waals surface area (Å²) in [7, 11) is 1.66. The van der Waals surface area contributed by atoms with Gasteiger partial charge in [-0.2, -0.15) is 0 Å². The van der Waals surface area contributed by atoms with Gasteiger partial charge in [-0.25, -0.2) is 4.39 Å². The van der Waals surface area contributed by atoms with E-state index in [4.69, 9.17) is 15.9 Å². The van der Waals surface area contributed by atoms with E-state index in [9.17, 15) is 9.50 Å². The molecule has 0 fully saturated rings. The molecule has 0 radical (unpaired) electrons. The van der Waals surface area contributed by atoms with Crippen molar-refractivity contribution in [3.63, 3.8) is 0 Å². The van der Waals surface area contributed by atoms with E-state index in [1.165, 1.54) is 12.1 Å². The van der Waals surface area contributed by atoms with Gasteiger partial charge in [-0.15, -0.1) is 6.42 Å². The van der Waals surface area contributed by atoms with Crippen molar-refractivity contribution in [1.82, 2.24) is 4.90 Å². The molecule has 0 saturated heterocycles. The highest BCUT2D eigenvalue weighted by atomic mass is 19.1.